The first-order valence-electron chi connectivity index (χ1n) is 6.64. The fraction of sp³-hybridized carbons (Fsp3) is 0.769. The number of imidazole rings is 1. The highest BCUT2D eigenvalue weighted by atomic mass is 15.2. The van der Waals surface area contributed by atoms with Gasteiger partial charge in [0.05, 0.1) is 0 Å². The molecule has 17 heavy (non-hydrogen) atoms. The number of nitrogens with zero attached hydrogens (tertiary/aromatic N) is 3. The van der Waals surface area contributed by atoms with Gasteiger partial charge in [-0.2, -0.15) is 0 Å². The highest BCUT2D eigenvalue weighted by Crippen LogP contribution is 2.16. The number of nitrogens with one attached hydrogen (secondary N) is 1. The van der Waals surface area contributed by atoms with Gasteiger partial charge in [0.2, 0.25) is 0 Å². The van der Waals surface area contributed by atoms with Crippen molar-refractivity contribution in [2.45, 2.75) is 26.3 Å². The monoisotopic (exact) mass is 236 g/mol. The molecule has 1 aliphatic rings. The molecule has 0 atom stereocenters. The highest BCUT2D eigenvalue weighted by Gasteiger charge is 2.18. The molecular formula is C13H24N4. The van der Waals surface area contributed by atoms with Crippen molar-refractivity contribution in [1.29, 1.82) is 0 Å². The zero-order valence-corrected chi connectivity index (χ0v) is 11.0. The quantitative estimate of drug-likeness (QED) is 0.832. The molecule has 0 spiro atoms. The van der Waals surface area contributed by atoms with E-state index >= 15 is 0 Å². The van der Waals surface area contributed by atoms with Crippen LogP contribution in [0.25, 0.3) is 0 Å². The van der Waals surface area contributed by atoms with Crippen LogP contribution < -0.4 is 5.32 Å². The molecule has 1 saturated heterocycles. The Morgan fingerprint density at radius 1 is 1.35 bits per heavy atom. The van der Waals surface area contributed by atoms with Gasteiger partial charge in [-0.15, -0.1) is 0 Å². The van der Waals surface area contributed by atoms with E-state index in [1.54, 1.807) is 0 Å². The lowest BCUT2D eigenvalue weighted by molar-refractivity contribution is 0.178. The summed E-state index contributed by atoms with van der Waals surface area (Å²) in [4.78, 5) is 6.83. The third-order valence-electron chi connectivity index (χ3n) is 3.78. The molecule has 1 aromatic heterocycles. The first-order chi connectivity index (χ1) is 8.29. The molecule has 0 aliphatic carbocycles. The summed E-state index contributed by atoms with van der Waals surface area (Å²) in [7, 11) is 2.05. The van der Waals surface area contributed by atoms with E-state index < -0.39 is 0 Å². The molecule has 96 valence electrons. The second-order valence-electron chi connectivity index (χ2n) is 5.01. The number of hydrogen-bond donors (Lipinski definition) is 1. The van der Waals surface area contributed by atoms with Crippen LogP contribution in [-0.4, -0.2) is 47.7 Å². The Morgan fingerprint density at radius 2 is 2.12 bits per heavy atom. The first kappa shape index (κ1) is 12.6. The second-order valence-corrected chi connectivity index (χ2v) is 5.01. The van der Waals surface area contributed by atoms with Gasteiger partial charge in [0.25, 0.3) is 0 Å². The molecule has 1 fully saturated rings. The minimum atomic E-state index is 0.881. The molecule has 0 aromatic carbocycles. The van der Waals surface area contributed by atoms with Gasteiger partial charge in [-0.3, -0.25) is 0 Å². The summed E-state index contributed by atoms with van der Waals surface area (Å²) >= 11 is 0. The van der Waals surface area contributed by atoms with Gasteiger partial charge in [-0.05, 0) is 52.4 Å². The van der Waals surface area contributed by atoms with E-state index in [9.17, 15) is 0 Å². The van der Waals surface area contributed by atoms with Crippen molar-refractivity contribution in [2.24, 2.45) is 5.92 Å². The summed E-state index contributed by atoms with van der Waals surface area (Å²) in [6, 6.07) is 0. The molecule has 0 radical (unpaired) electrons. The maximum atomic E-state index is 4.25. The van der Waals surface area contributed by atoms with E-state index in [0.717, 1.165) is 24.8 Å². The lowest BCUT2D eigenvalue weighted by Crippen LogP contribution is -2.38. The molecule has 0 saturated carbocycles. The number of hydrogen-bond acceptors (Lipinski definition) is 3. The van der Waals surface area contributed by atoms with E-state index in [4.69, 9.17) is 0 Å². The number of aryl methyl sites for hydroxylation is 1. The van der Waals surface area contributed by atoms with E-state index in [-0.39, 0.29) is 0 Å². The van der Waals surface area contributed by atoms with Gasteiger partial charge >= 0.3 is 0 Å². The lowest BCUT2D eigenvalue weighted by Gasteiger charge is -2.31. The molecule has 4 nitrogen and oxygen atoms in total. The van der Waals surface area contributed by atoms with Gasteiger partial charge in [-0.1, -0.05) is 0 Å². The van der Waals surface area contributed by atoms with Crippen LogP contribution >= 0.6 is 0 Å². The van der Waals surface area contributed by atoms with Crippen LogP contribution in [0.3, 0.4) is 0 Å². The van der Waals surface area contributed by atoms with E-state index in [2.05, 4.69) is 32.9 Å². The standard InChI is InChI=1S/C13H24N4/c1-12-15-5-8-17(12)10-9-16-6-3-13(4-7-16)11-14-2/h5,8,13-14H,3-4,6-7,9-11H2,1-2H3. The van der Waals surface area contributed by atoms with Crippen molar-refractivity contribution in [3.63, 3.8) is 0 Å². The summed E-state index contributed by atoms with van der Waals surface area (Å²) in [5.74, 6) is 2.00. The van der Waals surface area contributed by atoms with Crippen molar-refractivity contribution < 1.29 is 0 Å². The Kier molecular flexibility index (Phi) is 4.57. The predicted molar refractivity (Wildman–Crippen MR) is 70.1 cm³/mol. The fourth-order valence-electron chi connectivity index (χ4n) is 2.59. The third kappa shape index (κ3) is 3.54. The number of rotatable bonds is 5. The van der Waals surface area contributed by atoms with Crippen LogP contribution in [0.1, 0.15) is 18.7 Å². The average Bonchev–Trinajstić information content (AvgIpc) is 2.75. The van der Waals surface area contributed by atoms with E-state index in [1.165, 1.54) is 32.5 Å². The van der Waals surface area contributed by atoms with Crippen molar-refractivity contribution >= 4 is 0 Å². The first-order valence-corrected chi connectivity index (χ1v) is 6.64. The normalized spacial score (nSPS) is 18.7. The van der Waals surface area contributed by atoms with Crippen LogP contribution in [-0.2, 0) is 6.54 Å². The van der Waals surface area contributed by atoms with Gasteiger partial charge in [0.15, 0.2) is 0 Å². The molecule has 0 unspecified atom stereocenters. The van der Waals surface area contributed by atoms with Crippen LogP contribution in [0.4, 0.5) is 0 Å². The van der Waals surface area contributed by atoms with E-state index in [0.29, 0.717) is 0 Å². The highest BCUT2D eigenvalue weighted by molar-refractivity contribution is 4.88. The predicted octanol–water partition coefficient (Wildman–Crippen LogP) is 1.12. The Hall–Kier alpha value is -0.870. The molecule has 0 amide bonds. The van der Waals surface area contributed by atoms with Gasteiger partial charge in [0, 0.05) is 25.5 Å². The van der Waals surface area contributed by atoms with Gasteiger partial charge in [-0.25, -0.2) is 4.98 Å². The zero-order valence-electron chi connectivity index (χ0n) is 11.0. The summed E-state index contributed by atoms with van der Waals surface area (Å²) in [5, 5.41) is 3.28. The topological polar surface area (TPSA) is 33.1 Å². The Balaban J connectivity index is 1.70. The molecular weight excluding hydrogens is 212 g/mol. The van der Waals surface area contributed by atoms with Crippen molar-refractivity contribution in [1.82, 2.24) is 19.8 Å². The summed E-state index contributed by atoms with van der Waals surface area (Å²) in [6.07, 6.45) is 6.63. The number of aromatic nitrogens is 2. The number of piperidine rings is 1. The van der Waals surface area contributed by atoms with Crippen LogP contribution in [0, 0.1) is 12.8 Å². The van der Waals surface area contributed by atoms with Crippen LogP contribution in [0.15, 0.2) is 12.4 Å². The fourth-order valence-corrected chi connectivity index (χ4v) is 2.59. The maximum Gasteiger partial charge on any atom is 0.105 e. The van der Waals surface area contributed by atoms with Crippen LogP contribution in [0.5, 0.6) is 0 Å². The van der Waals surface area contributed by atoms with Gasteiger partial charge in [0.1, 0.15) is 5.82 Å². The third-order valence-corrected chi connectivity index (χ3v) is 3.78. The number of likely N-dealkylation sites (tertiary alicyclic amines) is 1. The Labute approximate surface area is 104 Å². The van der Waals surface area contributed by atoms with Gasteiger partial charge < -0.3 is 14.8 Å². The van der Waals surface area contributed by atoms with E-state index in [1.807, 2.05) is 13.2 Å². The van der Waals surface area contributed by atoms with Crippen molar-refractivity contribution in [2.75, 3.05) is 33.2 Å². The molecule has 2 rings (SSSR count). The van der Waals surface area contributed by atoms with Crippen molar-refractivity contribution in [3.8, 4) is 0 Å². The molecule has 1 aromatic rings. The summed E-state index contributed by atoms with van der Waals surface area (Å²) < 4.78 is 2.24. The SMILES string of the molecule is CNCC1CCN(CCn2ccnc2C)CC1. The minimum absolute atomic E-state index is 0.881. The Morgan fingerprint density at radius 3 is 2.71 bits per heavy atom. The minimum Gasteiger partial charge on any atom is -0.334 e. The zero-order chi connectivity index (χ0) is 12.1. The lowest BCUT2D eigenvalue weighted by atomic mass is 9.97. The average molecular weight is 236 g/mol. The smallest absolute Gasteiger partial charge is 0.105 e. The largest absolute Gasteiger partial charge is 0.334 e. The molecule has 1 aliphatic heterocycles. The molecule has 1 N–H and O–H groups in total. The van der Waals surface area contributed by atoms with Crippen LogP contribution in [0.2, 0.25) is 0 Å². The molecule has 2 heterocycles. The molecule has 4 heteroatoms. The van der Waals surface area contributed by atoms with Crippen molar-refractivity contribution in [3.05, 3.63) is 18.2 Å². The maximum absolute atomic E-state index is 4.25. The Bertz CT molecular complexity index is 326. The molecule has 0 bridgehead atoms. The second kappa shape index (κ2) is 6.17. The summed E-state index contributed by atoms with van der Waals surface area (Å²) in [5.41, 5.74) is 0. The summed E-state index contributed by atoms with van der Waals surface area (Å²) in [6.45, 7) is 7.97.